The van der Waals surface area contributed by atoms with Gasteiger partial charge in [0.15, 0.2) is 0 Å². The van der Waals surface area contributed by atoms with E-state index in [0.29, 0.717) is 17.3 Å². The molecule has 0 spiro atoms. The summed E-state index contributed by atoms with van der Waals surface area (Å²) in [6.07, 6.45) is 0.975. The molecule has 1 fully saturated rings. The number of benzene rings is 3. The number of hydrogen-bond acceptors (Lipinski definition) is 3. The van der Waals surface area contributed by atoms with Crippen molar-refractivity contribution in [3.63, 3.8) is 0 Å². The number of hydrogen-bond donors (Lipinski definition) is 1. The molecule has 176 valence electrons. The van der Waals surface area contributed by atoms with E-state index in [1.165, 1.54) is 12.5 Å². The predicted octanol–water partition coefficient (Wildman–Crippen LogP) is 5.44. The fraction of sp³-hybridized carbons (Fsp3) is 0.207. The van der Waals surface area contributed by atoms with E-state index >= 15 is 0 Å². The molecule has 1 aromatic heterocycles. The Hall–Kier alpha value is -4.19. The van der Waals surface area contributed by atoms with E-state index in [9.17, 15) is 9.59 Å². The minimum Gasteiger partial charge on any atom is -0.338 e. The third-order valence-corrected chi connectivity index (χ3v) is 6.52. The SMILES string of the molecule is CC(=O)Nc1c(-c2ccccc2)c(C)nn1-c1ccc(C(=O)N2CC[C@@H](c3ccccc3)C2)cc1. The summed E-state index contributed by atoms with van der Waals surface area (Å²) in [7, 11) is 0. The van der Waals surface area contributed by atoms with Gasteiger partial charge in [0.2, 0.25) is 5.91 Å². The molecule has 5 rings (SSSR count). The van der Waals surface area contributed by atoms with E-state index in [4.69, 9.17) is 5.10 Å². The summed E-state index contributed by atoms with van der Waals surface area (Å²) in [6, 6.07) is 27.7. The minimum atomic E-state index is -0.169. The van der Waals surface area contributed by atoms with Crippen LogP contribution in [0.5, 0.6) is 0 Å². The highest BCUT2D eigenvalue weighted by molar-refractivity contribution is 5.95. The summed E-state index contributed by atoms with van der Waals surface area (Å²) < 4.78 is 1.73. The predicted molar refractivity (Wildman–Crippen MR) is 138 cm³/mol. The van der Waals surface area contributed by atoms with Crippen LogP contribution >= 0.6 is 0 Å². The second kappa shape index (κ2) is 9.58. The highest BCUT2D eigenvalue weighted by Crippen LogP contribution is 2.34. The molecule has 1 aliphatic rings. The lowest BCUT2D eigenvalue weighted by Crippen LogP contribution is -2.28. The topological polar surface area (TPSA) is 67.2 Å². The van der Waals surface area contributed by atoms with Crippen LogP contribution in [-0.2, 0) is 4.79 Å². The van der Waals surface area contributed by atoms with E-state index in [1.807, 2.05) is 84.6 Å². The van der Waals surface area contributed by atoms with Gasteiger partial charge in [-0.1, -0.05) is 60.7 Å². The highest BCUT2D eigenvalue weighted by atomic mass is 16.2. The molecule has 2 amide bonds. The molecule has 0 aliphatic carbocycles. The van der Waals surface area contributed by atoms with Gasteiger partial charge in [0, 0.05) is 37.1 Å². The maximum absolute atomic E-state index is 13.2. The second-order valence-electron chi connectivity index (χ2n) is 8.96. The van der Waals surface area contributed by atoms with Crippen molar-refractivity contribution in [1.29, 1.82) is 0 Å². The molecule has 0 bridgehead atoms. The maximum Gasteiger partial charge on any atom is 0.253 e. The molecule has 0 saturated carbocycles. The van der Waals surface area contributed by atoms with E-state index in [2.05, 4.69) is 17.4 Å². The summed E-state index contributed by atoms with van der Waals surface area (Å²) in [6.45, 7) is 4.90. The van der Waals surface area contributed by atoms with Gasteiger partial charge in [-0.3, -0.25) is 9.59 Å². The smallest absolute Gasteiger partial charge is 0.253 e. The van der Waals surface area contributed by atoms with E-state index in [0.717, 1.165) is 42.0 Å². The molecule has 1 atom stereocenters. The van der Waals surface area contributed by atoms with Crippen molar-refractivity contribution in [2.75, 3.05) is 18.4 Å². The number of nitrogens with one attached hydrogen (secondary N) is 1. The molecule has 3 aromatic carbocycles. The van der Waals surface area contributed by atoms with Crippen LogP contribution in [0.15, 0.2) is 84.9 Å². The first kappa shape index (κ1) is 22.6. The monoisotopic (exact) mass is 464 g/mol. The van der Waals surface area contributed by atoms with Crippen LogP contribution in [0.3, 0.4) is 0 Å². The van der Waals surface area contributed by atoms with Gasteiger partial charge in [-0.15, -0.1) is 0 Å². The van der Waals surface area contributed by atoms with Gasteiger partial charge in [-0.25, -0.2) is 4.68 Å². The highest BCUT2D eigenvalue weighted by Gasteiger charge is 2.28. The lowest BCUT2D eigenvalue weighted by Gasteiger charge is -2.17. The van der Waals surface area contributed by atoms with Gasteiger partial charge in [-0.2, -0.15) is 5.10 Å². The number of amides is 2. The van der Waals surface area contributed by atoms with Crippen molar-refractivity contribution in [1.82, 2.24) is 14.7 Å². The fourth-order valence-electron chi connectivity index (χ4n) is 4.82. The standard InChI is InChI=1S/C29H28N4O2/c1-20-27(23-11-7-4-8-12-23)28(30-21(2)34)33(31-20)26-15-13-24(14-16-26)29(35)32-18-17-25(19-32)22-9-5-3-6-10-22/h3-16,25H,17-19H2,1-2H3,(H,30,34)/t25-/m1/s1. The third-order valence-electron chi connectivity index (χ3n) is 6.52. The molecule has 0 unspecified atom stereocenters. The molecular formula is C29H28N4O2. The largest absolute Gasteiger partial charge is 0.338 e. The van der Waals surface area contributed by atoms with Gasteiger partial charge < -0.3 is 10.2 Å². The van der Waals surface area contributed by atoms with Gasteiger partial charge in [0.1, 0.15) is 5.82 Å². The van der Waals surface area contributed by atoms with Gasteiger partial charge >= 0.3 is 0 Å². The third kappa shape index (κ3) is 4.60. The molecule has 4 aromatic rings. The van der Waals surface area contributed by atoms with Crippen molar-refractivity contribution in [2.24, 2.45) is 0 Å². The zero-order valence-electron chi connectivity index (χ0n) is 19.9. The van der Waals surface area contributed by atoms with Crippen molar-refractivity contribution >= 4 is 17.6 Å². The zero-order chi connectivity index (χ0) is 24.4. The molecule has 1 N–H and O–H groups in total. The van der Waals surface area contributed by atoms with E-state index in [1.54, 1.807) is 4.68 Å². The summed E-state index contributed by atoms with van der Waals surface area (Å²) in [5, 5.41) is 7.66. The lowest BCUT2D eigenvalue weighted by molar-refractivity contribution is -0.114. The molecule has 35 heavy (non-hydrogen) atoms. The average Bonchev–Trinajstić information content (AvgIpc) is 3.50. The molecule has 6 nitrogen and oxygen atoms in total. The summed E-state index contributed by atoms with van der Waals surface area (Å²) in [5.41, 5.74) is 5.38. The minimum absolute atomic E-state index is 0.0405. The average molecular weight is 465 g/mol. The Balaban J connectivity index is 1.40. The lowest BCUT2D eigenvalue weighted by atomic mass is 9.99. The van der Waals surface area contributed by atoms with Crippen LogP contribution in [0.25, 0.3) is 16.8 Å². The summed E-state index contributed by atoms with van der Waals surface area (Å²) >= 11 is 0. The zero-order valence-corrected chi connectivity index (χ0v) is 19.9. The van der Waals surface area contributed by atoms with Crippen LogP contribution in [0.1, 0.15) is 40.9 Å². The van der Waals surface area contributed by atoms with Crippen LogP contribution in [0.2, 0.25) is 0 Å². The molecule has 2 heterocycles. The Kier molecular flexibility index (Phi) is 6.19. The van der Waals surface area contributed by atoms with Crippen molar-refractivity contribution in [3.05, 3.63) is 102 Å². The van der Waals surface area contributed by atoms with Crippen LogP contribution in [-0.4, -0.2) is 39.6 Å². The number of rotatable bonds is 5. The Morgan fingerprint density at radius 2 is 1.57 bits per heavy atom. The van der Waals surface area contributed by atoms with Crippen LogP contribution < -0.4 is 5.32 Å². The van der Waals surface area contributed by atoms with Gasteiger partial charge in [-0.05, 0) is 48.7 Å². The Bertz CT molecular complexity index is 1340. The number of aromatic nitrogens is 2. The quantitative estimate of drug-likeness (QED) is 0.428. The Morgan fingerprint density at radius 3 is 2.23 bits per heavy atom. The maximum atomic E-state index is 13.2. The fourth-order valence-corrected chi connectivity index (χ4v) is 4.82. The Labute approximate surface area is 205 Å². The van der Waals surface area contributed by atoms with E-state index < -0.39 is 0 Å². The number of aryl methyl sites for hydroxylation is 1. The number of carbonyl (C=O) groups excluding carboxylic acids is 2. The Morgan fingerprint density at radius 1 is 0.914 bits per heavy atom. The van der Waals surface area contributed by atoms with Crippen LogP contribution in [0, 0.1) is 6.92 Å². The molecule has 1 aliphatic heterocycles. The number of carbonyl (C=O) groups is 2. The number of nitrogens with zero attached hydrogens (tertiary/aromatic N) is 3. The van der Waals surface area contributed by atoms with Crippen molar-refractivity contribution in [2.45, 2.75) is 26.2 Å². The number of likely N-dealkylation sites (tertiary alicyclic amines) is 1. The molecule has 6 heteroatoms. The first-order chi connectivity index (χ1) is 17.0. The molecule has 0 radical (unpaired) electrons. The second-order valence-corrected chi connectivity index (χ2v) is 8.96. The first-order valence-electron chi connectivity index (χ1n) is 11.9. The number of anilines is 1. The van der Waals surface area contributed by atoms with Gasteiger partial charge in [0.05, 0.1) is 11.4 Å². The molecule has 1 saturated heterocycles. The van der Waals surface area contributed by atoms with Crippen molar-refractivity contribution in [3.8, 4) is 16.8 Å². The van der Waals surface area contributed by atoms with Crippen molar-refractivity contribution < 1.29 is 9.59 Å². The first-order valence-corrected chi connectivity index (χ1v) is 11.9. The van der Waals surface area contributed by atoms with E-state index in [-0.39, 0.29) is 11.8 Å². The summed E-state index contributed by atoms with van der Waals surface area (Å²) in [4.78, 5) is 27.1. The van der Waals surface area contributed by atoms with Gasteiger partial charge in [0.25, 0.3) is 5.91 Å². The van der Waals surface area contributed by atoms with Crippen LogP contribution in [0.4, 0.5) is 5.82 Å². The normalized spacial score (nSPS) is 15.3. The molecular weight excluding hydrogens is 436 g/mol. The summed E-state index contributed by atoms with van der Waals surface area (Å²) in [5.74, 6) is 0.865.